The van der Waals surface area contributed by atoms with Crippen molar-refractivity contribution in [1.29, 1.82) is 0 Å². The van der Waals surface area contributed by atoms with Crippen molar-refractivity contribution >= 4 is 34.9 Å². The molecular formula is C15H23Cl2N3O. The lowest BCUT2D eigenvalue weighted by atomic mass is 9.93. The Morgan fingerprint density at radius 1 is 1.33 bits per heavy atom. The highest BCUT2D eigenvalue weighted by Crippen LogP contribution is 2.25. The van der Waals surface area contributed by atoms with E-state index in [1.54, 1.807) is 23.1 Å². The number of benzene rings is 1. The Bertz CT molecular complexity index is 492. The number of rotatable bonds is 6. The Kier molecular flexibility index (Phi) is 6.78. The summed E-state index contributed by atoms with van der Waals surface area (Å²) in [6.07, 6.45) is 0.884. The number of nitrogens with zero attached hydrogens (tertiary/aromatic N) is 1. The Balaban J connectivity index is 2.78. The van der Waals surface area contributed by atoms with Gasteiger partial charge in [0.1, 0.15) is 0 Å². The molecule has 2 amide bonds. The maximum absolute atomic E-state index is 12.4. The van der Waals surface area contributed by atoms with Gasteiger partial charge in [-0.25, -0.2) is 4.79 Å². The number of nitrogens with one attached hydrogen (secondary N) is 1. The van der Waals surface area contributed by atoms with Crippen molar-refractivity contribution in [2.24, 2.45) is 11.1 Å². The van der Waals surface area contributed by atoms with Crippen LogP contribution >= 0.6 is 23.2 Å². The van der Waals surface area contributed by atoms with Crippen LogP contribution in [0.2, 0.25) is 10.0 Å². The first-order valence-electron chi connectivity index (χ1n) is 7.00. The lowest BCUT2D eigenvalue weighted by Gasteiger charge is -2.31. The van der Waals surface area contributed by atoms with E-state index in [0.29, 0.717) is 35.4 Å². The summed E-state index contributed by atoms with van der Waals surface area (Å²) in [7, 11) is 0. The minimum absolute atomic E-state index is 0.121. The third-order valence-corrected chi connectivity index (χ3v) is 3.86. The fourth-order valence-electron chi connectivity index (χ4n) is 1.88. The van der Waals surface area contributed by atoms with Gasteiger partial charge in [-0.3, -0.25) is 0 Å². The van der Waals surface area contributed by atoms with Crippen LogP contribution in [-0.2, 0) is 0 Å². The largest absolute Gasteiger partial charge is 0.330 e. The maximum Gasteiger partial charge on any atom is 0.321 e. The Hall–Kier alpha value is -0.970. The molecule has 0 fully saturated rings. The lowest BCUT2D eigenvalue weighted by molar-refractivity contribution is 0.181. The molecule has 0 radical (unpaired) electrons. The van der Waals surface area contributed by atoms with Crippen molar-refractivity contribution in [3.05, 3.63) is 28.2 Å². The minimum atomic E-state index is -0.156. The van der Waals surface area contributed by atoms with Crippen LogP contribution in [0, 0.1) is 5.41 Å². The van der Waals surface area contributed by atoms with Crippen molar-refractivity contribution < 1.29 is 4.79 Å². The molecule has 0 aliphatic rings. The van der Waals surface area contributed by atoms with Crippen LogP contribution in [0.1, 0.15) is 27.2 Å². The van der Waals surface area contributed by atoms with Gasteiger partial charge in [0, 0.05) is 18.8 Å². The van der Waals surface area contributed by atoms with Crippen LogP contribution in [0.3, 0.4) is 0 Å². The number of hydrogen-bond acceptors (Lipinski definition) is 2. The highest BCUT2D eigenvalue weighted by atomic mass is 35.5. The van der Waals surface area contributed by atoms with Gasteiger partial charge in [-0.05, 0) is 36.6 Å². The van der Waals surface area contributed by atoms with Crippen LogP contribution in [0.5, 0.6) is 0 Å². The van der Waals surface area contributed by atoms with Crippen molar-refractivity contribution in [3.63, 3.8) is 0 Å². The van der Waals surface area contributed by atoms with Crippen molar-refractivity contribution in [3.8, 4) is 0 Å². The van der Waals surface area contributed by atoms with E-state index in [-0.39, 0.29) is 11.4 Å². The number of carbonyl (C=O) groups excluding carboxylic acids is 1. The Morgan fingerprint density at radius 3 is 2.52 bits per heavy atom. The summed E-state index contributed by atoms with van der Waals surface area (Å²) in [5.74, 6) is 0. The molecule has 0 heterocycles. The van der Waals surface area contributed by atoms with E-state index in [0.717, 1.165) is 6.42 Å². The predicted molar refractivity (Wildman–Crippen MR) is 90.2 cm³/mol. The summed E-state index contributed by atoms with van der Waals surface area (Å²) in [4.78, 5) is 14.2. The summed E-state index contributed by atoms with van der Waals surface area (Å²) in [6, 6.07) is 4.87. The summed E-state index contributed by atoms with van der Waals surface area (Å²) < 4.78 is 0. The zero-order valence-corrected chi connectivity index (χ0v) is 14.3. The van der Waals surface area contributed by atoms with Gasteiger partial charge in [-0.15, -0.1) is 0 Å². The van der Waals surface area contributed by atoms with E-state index < -0.39 is 0 Å². The molecule has 118 valence electrons. The van der Waals surface area contributed by atoms with Crippen molar-refractivity contribution in [1.82, 2.24) is 4.90 Å². The highest BCUT2D eigenvalue weighted by molar-refractivity contribution is 6.42. The number of anilines is 1. The number of nitrogens with two attached hydrogens (primary N) is 1. The molecule has 21 heavy (non-hydrogen) atoms. The Labute approximate surface area is 136 Å². The van der Waals surface area contributed by atoms with Gasteiger partial charge < -0.3 is 16.0 Å². The molecule has 3 N–H and O–H groups in total. The van der Waals surface area contributed by atoms with Gasteiger partial charge in [-0.2, -0.15) is 0 Å². The second-order valence-electron chi connectivity index (χ2n) is 5.85. The third kappa shape index (κ3) is 5.73. The van der Waals surface area contributed by atoms with Crippen LogP contribution in [0.4, 0.5) is 10.5 Å². The summed E-state index contributed by atoms with van der Waals surface area (Å²) >= 11 is 11.8. The third-order valence-electron chi connectivity index (χ3n) is 3.12. The van der Waals surface area contributed by atoms with Gasteiger partial charge in [0.25, 0.3) is 0 Å². The fraction of sp³-hybridized carbons (Fsp3) is 0.533. The second kappa shape index (κ2) is 7.87. The molecule has 0 bridgehead atoms. The normalized spacial score (nSPS) is 11.3. The van der Waals surface area contributed by atoms with Gasteiger partial charge in [0.15, 0.2) is 0 Å². The first-order valence-corrected chi connectivity index (χ1v) is 7.75. The van der Waals surface area contributed by atoms with Crippen LogP contribution in [0.15, 0.2) is 18.2 Å². The molecule has 0 saturated heterocycles. The zero-order valence-electron chi connectivity index (χ0n) is 12.7. The molecule has 1 rings (SSSR count). The smallest absolute Gasteiger partial charge is 0.321 e. The van der Waals surface area contributed by atoms with E-state index >= 15 is 0 Å². The molecule has 0 aromatic heterocycles. The molecule has 4 nitrogen and oxygen atoms in total. The number of carbonyl (C=O) groups is 1. The predicted octanol–water partition coefficient (Wildman–Crippen LogP) is 4.22. The van der Waals surface area contributed by atoms with Crippen LogP contribution < -0.4 is 11.1 Å². The molecular weight excluding hydrogens is 309 g/mol. The summed E-state index contributed by atoms with van der Waals surface area (Å²) in [6.45, 7) is 7.92. The second-order valence-corrected chi connectivity index (χ2v) is 6.66. The monoisotopic (exact) mass is 331 g/mol. The van der Waals surface area contributed by atoms with Gasteiger partial charge in [0.05, 0.1) is 10.0 Å². The molecule has 0 spiro atoms. The number of hydrogen-bond donors (Lipinski definition) is 2. The Morgan fingerprint density at radius 2 is 2.00 bits per heavy atom. The average Bonchev–Trinajstić information content (AvgIpc) is 2.42. The first-order chi connectivity index (χ1) is 9.79. The van der Waals surface area contributed by atoms with Crippen molar-refractivity contribution in [2.75, 3.05) is 25.0 Å². The van der Waals surface area contributed by atoms with E-state index in [4.69, 9.17) is 28.9 Å². The standard InChI is InChI=1S/C15H23Cl2N3O/c1-4-7-20(10-15(2,3)9-18)14(21)19-11-5-6-12(16)13(17)8-11/h5-6,8H,4,7,9-10,18H2,1-3H3,(H,19,21). The zero-order chi connectivity index (χ0) is 16.0. The SMILES string of the molecule is CCCN(CC(C)(C)CN)C(=O)Nc1ccc(Cl)c(Cl)c1. The quantitative estimate of drug-likeness (QED) is 0.819. The van der Waals surface area contributed by atoms with Crippen LogP contribution in [0.25, 0.3) is 0 Å². The van der Waals surface area contributed by atoms with Gasteiger partial charge >= 0.3 is 6.03 Å². The summed E-state index contributed by atoms with van der Waals surface area (Å²) in [5, 5.41) is 3.72. The topological polar surface area (TPSA) is 58.4 Å². The van der Waals surface area contributed by atoms with E-state index in [2.05, 4.69) is 5.32 Å². The lowest BCUT2D eigenvalue weighted by Crippen LogP contribution is -2.44. The first kappa shape index (κ1) is 18.1. The average molecular weight is 332 g/mol. The van der Waals surface area contributed by atoms with E-state index in [1.165, 1.54) is 0 Å². The van der Waals surface area contributed by atoms with E-state index in [9.17, 15) is 4.79 Å². The fourth-order valence-corrected chi connectivity index (χ4v) is 2.18. The van der Waals surface area contributed by atoms with Gasteiger partial charge in [-0.1, -0.05) is 44.0 Å². The summed E-state index contributed by atoms with van der Waals surface area (Å²) in [5.41, 5.74) is 6.25. The maximum atomic E-state index is 12.4. The molecule has 0 unspecified atom stereocenters. The molecule has 0 aliphatic heterocycles. The molecule has 0 atom stereocenters. The van der Waals surface area contributed by atoms with Crippen molar-refractivity contribution in [2.45, 2.75) is 27.2 Å². The highest BCUT2D eigenvalue weighted by Gasteiger charge is 2.23. The molecule has 0 saturated carbocycles. The molecule has 1 aromatic carbocycles. The van der Waals surface area contributed by atoms with E-state index in [1.807, 2.05) is 20.8 Å². The number of halogens is 2. The van der Waals surface area contributed by atoms with Gasteiger partial charge in [0.2, 0.25) is 0 Å². The minimum Gasteiger partial charge on any atom is -0.330 e. The molecule has 1 aromatic rings. The molecule has 0 aliphatic carbocycles. The molecule has 6 heteroatoms. The number of urea groups is 1. The van der Waals surface area contributed by atoms with Crippen LogP contribution in [-0.4, -0.2) is 30.6 Å². The number of amides is 2.